The smallest absolute Gasteiger partial charge is 0.141 e. The van der Waals surface area contributed by atoms with Crippen LogP contribution in [0.5, 0.6) is 0 Å². The van der Waals surface area contributed by atoms with Gasteiger partial charge in [-0.05, 0) is 30.7 Å². The molecule has 0 saturated heterocycles. The van der Waals surface area contributed by atoms with Crippen LogP contribution in [-0.4, -0.2) is 56.2 Å². The van der Waals surface area contributed by atoms with Crippen LogP contribution >= 0.6 is 0 Å². The van der Waals surface area contributed by atoms with Gasteiger partial charge in [0.25, 0.3) is 0 Å². The first kappa shape index (κ1) is 20.5. The zero-order valence-corrected chi connectivity index (χ0v) is 15.4. The fraction of sp³-hybridized carbons (Fsp3) is 0.500. The van der Waals surface area contributed by atoms with Crippen LogP contribution in [-0.2, 0) is 18.9 Å². The van der Waals surface area contributed by atoms with Crippen LogP contribution in [0.2, 0.25) is 0 Å². The topological polar surface area (TPSA) is 62.7 Å². The van der Waals surface area contributed by atoms with Crippen molar-refractivity contribution < 1.29 is 18.9 Å². The zero-order chi connectivity index (χ0) is 18.3. The van der Waals surface area contributed by atoms with Gasteiger partial charge in [-0.3, -0.25) is 9.97 Å². The minimum atomic E-state index is -0.298. The molecule has 0 amide bonds. The summed E-state index contributed by atoms with van der Waals surface area (Å²) in [6.45, 7) is 6.14. The van der Waals surface area contributed by atoms with Gasteiger partial charge < -0.3 is 18.9 Å². The highest BCUT2D eigenvalue weighted by molar-refractivity contribution is 5.19. The minimum Gasteiger partial charge on any atom is -0.379 e. The molecule has 0 saturated carbocycles. The monoisotopic (exact) mass is 360 g/mol. The maximum atomic E-state index is 5.98. The molecule has 142 valence electrons. The summed E-state index contributed by atoms with van der Waals surface area (Å²) in [4.78, 5) is 8.78. The standard InChI is InChI=1S/C20H28N2O4/c1-2-11-23-12-13-24-14-15-25-16-17-26-20(18-7-3-5-9-21-18)19-8-4-6-10-22-19/h3-10,20H,2,11-17H2,1H3. The predicted molar refractivity (Wildman–Crippen MR) is 99.0 cm³/mol. The Morgan fingerprint density at radius 1 is 0.692 bits per heavy atom. The highest BCUT2D eigenvalue weighted by atomic mass is 16.6. The van der Waals surface area contributed by atoms with Crippen molar-refractivity contribution in [2.24, 2.45) is 0 Å². The van der Waals surface area contributed by atoms with E-state index in [2.05, 4.69) is 16.9 Å². The van der Waals surface area contributed by atoms with E-state index in [-0.39, 0.29) is 6.10 Å². The van der Waals surface area contributed by atoms with Gasteiger partial charge >= 0.3 is 0 Å². The van der Waals surface area contributed by atoms with Gasteiger partial charge in [-0.15, -0.1) is 0 Å². The molecule has 0 atom stereocenters. The second-order valence-corrected chi connectivity index (χ2v) is 5.60. The molecule has 0 aliphatic rings. The van der Waals surface area contributed by atoms with Gasteiger partial charge in [0.05, 0.1) is 51.0 Å². The van der Waals surface area contributed by atoms with Gasteiger partial charge in [0.2, 0.25) is 0 Å². The molecule has 0 unspecified atom stereocenters. The fourth-order valence-electron chi connectivity index (χ4n) is 2.30. The highest BCUT2D eigenvalue weighted by Gasteiger charge is 2.16. The molecule has 2 aromatic heterocycles. The van der Waals surface area contributed by atoms with Crippen molar-refractivity contribution in [1.29, 1.82) is 0 Å². The van der Waals surface area contributed by atoms with E-state index in [1.807, 2.05) is 36.4 Å². The van der Waals surface area contributed by atoms with Gasteiger partial charge in [-0.1, -0.05) is 19.1 Å². The summed E-state index contributed by atoms with van der Waals surface area (Å²) >= 11 is 0. The number of hydrogen-bond donors (Lipinski definition) is 0. The van der Waals surface area contributed by atoms with Crippen LogP contribution in [0.4, 0.5) is 0 Å². The molecule has 0 spiro atoms. The Bertz CT molecular complexity index is 529. The number of nitrogens with zero attached hydrogens (tertiary/aromatic N) is 2. The molecule has 0 aliphatic heterocycles. The second-order valence-electron chi connectivity index (χ2n) is 5.60. The van der Waals surface area contributed by atoms with E-state index >= 15 is 0 Å². The molecular formula is C20H28N2O4. The van der Waals surface area contributed by atoms with Crippen molar-refractivity contribution in [3.63, 3.8) is 0 Å². The maximum absolute atomic E-state index is 5.98. The van der Waals surface area contributed by atoms with E-state index in [0.29, 0.717) is 39.6 Å². The molecule has 26 heavy (non-hydrogen) atoms. The second kappa shape index (κ2) is 13.4. The summed E-state index contributed by atoms with van der Waals surface area (Å²) in [5.74, 6) is 0. The summed E-state index contributed by atoms with van der Waals surface area (Å²) in [5.41, 5.74) is 1.67. The summed E-state index contributed by atoms with van der Waals surface area (Å²) in [6, 6.07) is 11.5. The lowest BCUT2D eigenvalue weighted by Gasteiger charge is -2.17. The average molecular weight is 360 g/mol. The first-order chi connectivity index (χ1) is 12.9. The average Bonchev–Trinajstić information content (AvgIpc) is 2.70. The van der Waals surface area contributed by atoms with Crippen molar-refractivity contribution >= 4 is 0 Å². The molecule has 0 fully saturated rings. The van der Waals surface area contributed by atoms with E-state index < -0.39 is 0 Å². The van der Waals surface area contributed by atoms with E-state index in [1.54, 1.807) is 12.4 Å². The molecular weight excluding hydrogens is 332 g/mol. The summed E-state index contributed by atoms with van der Waals surface area (Å²) < 4.78 is 22.3. The largest absolute Gasteiger partial charge is 0.379 e. The predicted octanol–water partition coefficient (Wildman–Crippen LogP) is 3.04. The number of pyridine rings is 2. The number of aromatic nitrogens is 2. The molecule has 2 rings (SSSR count). The van der Waals surface area contributed by atoms with Gasteiger partial charge in [0.15, 0.2) is 0 Å². The van der Waals surface area contributed by atoms with E-state index in [4.69, 9.17) is 18.9 Å². The quantitative estimate of drug-likeness (QED) is 0.483. The van der Waals surface area contributed by atoms with Gasteiger partial charge in [-0.2, -0.15) is 0 Å². The molecule has 0 aromatic carbocycles. The summed E-state index contributed by atoms with van der Waals surface area (Å²) in [5, 5.41) is 0. The third-order valence-electron chi connectivity index (χ3n) is 3.52. The number of ether oxygens (including phenoxy) is 4. The van der Waals surface area contributed by atoms with Gasteiger partial charge in [0, 0.05) is 19.0 Å². The molecule has 0 N–H and O–H groups in total. The number of hydrogen-bond acceptors (Lipinski definition) is 6. The van der Waals surface area contributed by atoms with Crippen molar-refractivity contribution in [1.82, 2.24) is 9.97 Å². The highest BCUT2D eigenvalue weighted by Crippen LogP contribution is 2.22. The Morgan fingerprint density at radius 3 is 1.65 bits per heavy atom. The van der Waals surface area contributed by atoms with E-state index in [0.717, 1.165) is 24.4 Å². The number of rotatable bonds is 14. The first-order valence-electron chi connectivity index (χ1n) is 9.08. The maximum Gasteiger partial charge on any atom is 0.141 e. The van der Waals surface area contributed by atoms with Crippen LogP contribution in [0, 0.1) is 0 Å². The molecule has 2 aromatic rings. The minimum absolute atomic E-state index is 0.298. The SMILES string of the molecule is CCCOCCOCCOCCOC(c1ccccn1)c1ccccn1. The Morgan fingerprint density at radius 2 is 1.19 bits per heavy atom. The Labute approximate surface area is 155 Å². The van der Waals surface area contributed by atoms with Crippen molar-refractivity contribution in [2.75, 3.05) is 46.2 Å². The van der Waals surface area contributed by atoms with E-state index in [9.17, 15) is 0 Å². The van der Waals surface area contributed by atoms with Crippen molar-refractivity contribution in [3.05, 3.63) is 60.2 Å². The van der Waals surface area contributed by atoms with E-state index in [1.165, 1.54) is 0 Å². The Balaban J connectivity index is 1.64. The molecule has 6 nitrogen and oxygen atoms in total. The van der Waals surface area contributed by atoms with Gasteiger partial charge in [-0.25, -0.2) is 0 Å². The normalized spacial score (nSPS) is 11.2. The Kier molecular flexibility index (Phi) is 10.5. The molecule has 2 heterocycles. The summed E-state index contributed by atoms with van der Waals surface area (Å²) in [6.07, 6.45) is 4.24. The lowest BCUT2D eigenvalue weighted by molar-refractivity contribution is -0.0129. The van der Waals surface area contributed by atoms with Crippen LogP contribution in [0.15, 0.2) is 48.8 Å². The fourth-order valence-corrected chi connectivity index (χ4v) is 2.30. The first-order valence-corrected chi connectivity index (χ1v) is 9.08. The Hall–Kier alpha value is -1.86. The molecule has 0 radical (unpaired) electrons. The van der Waals surface area contributed by atoms with Crippen molar-refractivity contribution in [3.8, 4) is 0 Å². The van der Waals surface area contributed by atoms with Gasteiger partial charge in [0.1, 0.15) is 6.10 Å². The third-order valence-corrected chi connectivity index (χ3v) is 3.52. The van der Waals surface area contributed by atoms with Crippen LogP contribution in [0.25, 0.3) is 0 Å². The summed E-state index contributed by atoms with van der Waals surface area (Å²) in [7, 11) is 0. The molecule has 6 heteroatoms. The molecule has 0 aliphatic carbocycles. The zero-order valence-electron chi connectivity index (χ0n) is 15.4. The lowest BCUT2D eigenvalue weighted by atomic mass is 10.1. The van der Waals surface area contributed by atoms with Crippen molar-refractivity contribution in [2.45, 2.75) is 19.4 Å². The van der Waals surface area contributed by atoms with Crippen LogP contribution in [0.1, 0.15) is 30.8 Å². The third kappa shape index (κ3) is 8.01. The lowest BCUT2D eigenvalue weighted by Crippen LogP contribution is -2.15. The molecule has 0 bridgehead atoms. The van der Waals surface area contributed by atoms with Crippen LogP contribution < -0.4 is 0 Å². The van der Waals surface area contributed by atoms with Crippen LogP contribution in [0.3, 0.4) is 0 Å².